The molecule has 1 saturated heterocycles. The Morgan fingerprint density at radius 3 is 2.57 bits per heavy atom. The maximum atomic E-state index is 15.0. The van der Waals surface area contributed by atoms with Crippen LogP contribution >= 0.6 is 11.8 Å². The summed E-state index contributed by atoms with van der Waals surface area (Å²) in [5, 5.41) is 24.6. The predicted molar refractivity (Wildman–Crippen MR) is 129 cm³/mol. The van der Waals surface area contributed by atoms with E-state index in [4.69, 9.17) is 14.7 Å². The zero-order chi connectivity index (χ0) is 24.8. The van der Waals surface area contributed by atoms with Crippen LogP contribution in [0.15, 0.2) is 24.8 Å². The molecule has 5 unspecified atom stereocenters. The van der Waals surface area contributed by atoms with Gasteiger partial charge in [0.2, 0.25) is 0 Å². The van der Waals surface area contributed by atoms with Gasteiger partial charge in [-0.15, -0.1) is 11.8 Å². The van der Waals surface area contributed by atoms with E-state index in [1.54, 1.807) is 0 Å². The first-order valence-electron chi connectivity index (χ1n) is 12.7. The molecule has 2 heterocycles. The van der Waals surface area contributed by atoms with Crippen molar-refractivity contribution in [3.05, 3.63) is 24.8 Å². The van der Waals surface area contributed by atoms with Gasteiger partial charge in [-0.3, -0.25) is 4.68 Å². The second-order valence-corrected chi connectivity index (χ2v) is 11.8. The fourth-order valence-corrected chi connectivity index (χ4v) is 6.91. The van der Waals surface area contributed by atoms with Crippen molar-refractivity contribution < 1.29 is 23.4 Å². The Balaban J connectivity index is 1.32. The van der Waals surface area contributed by atoms with Crippen LogP contribution in [0.2, 0.25) is 0 Å². The molecule has 0 aromatic carbocycles. The Morgan fingerprint density at radius 2 is 1.94 bits per heavy atom. The maximum Gasteiger partial charge on any atom is 0.176 e. The number of thioether (sulfide) groups is 1. The molecule has 0 amide bonds. The average molecular weight is 511 g/mol. The van der Waals surface area contributed by atoms with Crippen LogP contribution in [0.5, 0.6) is 0 Å². The number of hydrogen-bond acceptors (Lipinski definition) is 7. The highest BCUT2D eigenvalue weighted by Crippen LogP contribution is 2.43. The molecule has 1 aromatic heterocycles. The van der Waals surface area contributed by atoms with E-state index in [1.807, 2.05) is 13.0 Å². The van der Waals surface area contributed by atoms with Crippen LogP contribution in [-0.2, 0) is 16.0 Å². The van der Waals surface area contributed by atoms with Crippen molar-refractivity contribution in [2.75, 3.05) is 13.2 Å². The van der Waals surface area contributed by atoms with Gasteiger partial charge >= 0.3 is 0 Å². The third kappa shape index (κ3) is 6.82. The number of allylic oxidation sites excluding steroid dienone is 1. The summed E-state index contributed by atoms with van der Waals surface area (Å²) >= 11 is 1.52. The first-order valence-corrected chi connectivity index (χ1v) is 13.6. The van der Waals surface area contributed by atoms with E-state index in [0.717, 1.165) is 25.7 Å². The number of ether oxygens (including phenoxy) is 2. The van der Waals surface area contributed by atoms with Crippen molar-refractivity contribution in [1.82, 2.24) is 14.8 Å². The molecule has 0 spiro atoms. The topological polar surface area (TPSA) is 93.2 Å². The third-order valence-corrected chi connectivity index (χ3v) is 9.19. The van der Waals surface area contributed by atoms with E-state index in [0.29, 0.717) is 25.6 Å². The fourth-order valence-electron chi connectivity index (χ4n) is 5.54. The lowest BCUT2D eigenvalue weighted by atomic mass is 9.73. The molecule has 7 nitrogen and oxygen atoms in total. The van der Waals surface area contributed by atoms with E-state index in [-0.39, 0.29) is 35.8 Å². The highest BCUT2D eigenvalue weighted by Gasteiger charge is 2.49. The van der Waals surface area contributed by atoms with Crippen LogP contribution in [0.25, 0.3) is 0 Å². The van der Waals surface area contributed by atoms with Gasteiger partial charge < -0.3 is 14.6 Å². The molecular formula is C25H36F2N4O3S. The zero-order valence-corrected chi connectivity index (χ0v) is 21.0. The number of alkyl halides is 2. The molecule has 4 rings (SSSR count). The number of hydrogen-bond donors (Lipinski definition) is 1. The molecule has 35 heavy (non-hydrogen) atoms. The molecule has 194 valence electrons. The minimum Gasteiger partial charge on any atom is -0.386 e. The Bertz CT molecular complexity index is 853. The second-order valence-electron chi connectivity index (χ2n) is 10.2. The van der Waals surface area contributed by atoms with E-state index in [2.05, 4.69) is 22.2 Å². The monoisotopic (exact) mass is 510 g/mol. The van der Waals surface area contributed by atoms with Gasteiger partial charge in [0.1, 0.15) is 30.6 Å². The molecule has 1 aromatic rings. The van der Waals surface area contributed by atoms with Crippen molar-refractivity contribution in [3.63, 3.8) is 0 Å². The Labute approximate surface area is 210 Å². The molecule has 2 aliphatic carbocycles. The van der Waals surface area contributed by atoms with Gasteiger partial charge in [-0.25, -0.2) is 13.8 Å². The summed E-state index contributed by atoms with van der Waals surface area (Å²) in [4.78, 5) is 3.94. The smallest absolute Gasteiger partial charge is 0.176 e. The average Bonchev–Trinajstić information content (AvgIpc) is 3.36. The molecule has 3 fully saturated rings. The molecule has 3 aliphatic rings. The van der Waals surface area contributed by atoms with Crippen molar-refractivity contribution >= 4 is 11.8 Å². The molecule has 5 atom stereocenters. The second kappa shape index (κ2) is 12.1. The van der Waals surface area contributed by atoms with Crippen molar-refractivity contribution in [1.29, 1.82) is 5.26 Å². The van der Waals surface area contributed by atoms with E-state index in [9.17, 15) is 13.9 Å². The van der Waals surface area contributed by atoms with E-state index < -0.39 is 30.2 Å². The number of nitriles is 1. The van der Waals surface area contributed by atoms with Gasteiger partial charge in [-0.2, -0.15) is 10.4 Å². The number of aliphatic hydroxyl groups is 1. The first-order chi connectivity index (χ1) is 16.9. The molecule has 2 saturated carbocycles. The van der Waals surface area contributed by atoms with Crippen molar-refractivity contribution in [2.24, 2.45) is 17.8 Å². The van der Waals surface area contributed by atoms with Gasteiger partial charge in [0.25, 0.3) is 0 Å². The van der Waals surface area contributed by atoms with Gasteiger partial charge in [0.15, 0.2) is 6.29 Å². The van der Waals surface area contributed by atoms with Gasteiger partial charge in [0, 0.05) is 23.5 Å². The van der Waals surface area contributed by atoms with Crippen molar-refractivity contribution in [2.45, 2.75) is 93.1 Å². The van der Waals surface area contributed by atoms with Crippen molar-refractivity contribution in [3.8, 4) is 6.07 Å². The SMILES string of the molecule is CC(SC1COC(/C=C/C2CCC(C#N)CC2)OC1)C(O)(Cn1cncn1)C1CCC(F)CC1F. The lowest BCUT2D eigenvalue weighted by molar-refractivity contribution is -0.147. The summed E-state index contributed by atoms with van der Waals surface area (Å²) < 4.78 is 42.1. The third-order valence-electron chi connectivity index (χ3n) is 7.72. The van der Waals surface area contributed by atoms with E-state index >= 15 is 0 Å². The van der Waals surface area contributed by atoms with Crippen LogP contribution < -0.4 is 0 Å². The maximum absolute atomic E-state index is 15.0. The number of aromatic nitrogens is 3. The molecule has 1 N–H and O–H groups in total. The molecular weight excluding hydrogens is 474 g/mol. The normalized spacial score (nSPS) is 36.9. The molecule has 0 radical (unpaired) electrons. The highest BCUT2D eigenvalue weighted by atomic mass is 32.2. The summed E-state index contributed by atoms with van der Waals surface area (Å²) in [6.45, 7) is 2.90. The lowest BCUT2D eigenvalue weighted by Gasteiger charge is -2.45. The highest BCUT2D eigenvalue weighted by molar-refractivity contribution is 8.00. The predicted octanol–water partition coefficient (Wildman–Crippen LogP) is 4.23. The van der Waals surface area contributed by atoms with Crippen LogP contribution in [0.1, 0.15) is 51.9 Å². The quantitative estimate of drug-likeness (QED) is 0.523. The lowest BCUT2D eigenvalue weighted by Crippen LogP contribution is -2.55. The largest absolute Gasteiger partial charge is 0.386 e. The first kappa shape index (κ1) is 26.5. The summed E-state index contributed by atoms with van der Waals surface area (Å²) in [7, 11) is 0. The summed E-state index contributed by atoms with van der Waals surface area (Å²) in [5.74, 6) is -0.0401. The zero-order valence-electron chi connectivity index (χ0n) is 20.2. The van der Waals surface area contributed by atoms with Crippen LogP contribution in [-0.4, -0.2) is 67.8 Å². The Kier molecular flexibility index (Phi) is 9.19. The molecule has 10 heteroatoms. The summed E-state index contributed by atoms with van der Waals surface area (Å²) in [5.41, 5.74) is -1.42. The van der Waals surface area contributed by atoms with Crippen LogP contribution in [0.3, 0.4) is 0 Å². The molecule has 1 aliphatic heterocycles. The minimum absolute atomic E-state index is 0.0152. The van der Waals surface area contributed by atoms with E-state index in [1.165, 1.54) is 29.1 Å². The Hall–Kier alpha value is -1.54. The standard InChI is InChI=1S/C25H36F2N4O3S/c1-17(25(32,14-31-16-29-15-30-31)22-8-7-20(26)10-23(22)27)35-21-12-33-24(34-13-21)9-6-18-2-4-19(11-28)5-3-18/h6,9,15-24,32H,2-5,7-8,10,12-14H2,1H3/b9-6+. The van der Waals surface area contributed by atoms with Crippen LogP contribution in [0, 0.1) is 29.1 Å². The summed E-state index contributed by atoms with van der Waals surface area (Å²) in [6.07, 6.45) is 8.31. The fraction of sp³-hybridized carbons (Fsp3) is 0.800. The minimum atomic E-state index is -1.42. The number of nitrogens with zero attached hydrogens (tertiary/aromatic N) is 4. The van der Waals surface area contributed by atoms with Gasteiger partial charge in [0.05, 0.1) is 31.1 Å². The summed E-state index contributed by atoms with van der Waals surface area (Å²) in [6, 6.07) is 2.36. The molecule has 0 bridgehead atoms. The van der Waals surface area contributed by atoms with Gasteiger partial charge in [-0.1, -0.05) is 13.0 Å². The number of halogens is 2. The van der Waals surface area contributed by atoms with Crippen LogP contribution in [0.4, 0.5) is 8.78 Å². The Morgan fingerprint density at radius 1 is 1.20 bits per heavy atom. The van der Waals surface area contributed by atoms with Gasteiger partial charge in [-0.05, 0) is 50.5 Å². The number of rotatable bonds is 8.